The molecule has 0 aliphatic carbocycles. The molecule has 0 spiro atoms. The SMILES string of the molecule is CCCCCCCCC/C=C\CCCCCCCC(=O)OCCCCC/C=C\C/C=C\CCCCCCCCCC(=O)NC(CO)C(O)CCCCCCCCCCCC. The van der Waals surface area contributed by atoms with Crippen molar-refractivity contribution in [2.24, 2.45) is 0 Å². The molecule has 0 radical (unpaired) electrons. The third kappa shape index (κ3) is 45.6. The molecular formula is C54H101NO5. The Balaban J connectivity index is 3.49. The molecule has 0 saturated carbocycles. The van der Waals surface area contributed by atoms with Crippen LogP contribution in [0.1, 0.15) is 271 Å². The lowest BCUT2D eigenvalue weighted by molar-refractivity contribution is -0.143. The summed E-state index contributed by atoms with van der Waals surface area (Å²) in [6.45, 7) is 4.88. The number of rotatable bonds is 48. The minimum Gasteiger partial charge on any atom is -0.466 e. The van der Waals surface area contributed by atoms with Crippen LogP contribution in [0.4, 0.5) is 0 Å². The van der Waals surface area contributed by atoms with E-state index in [0.717, 1.165) is 83.5 Å². The fourth-order valence-corrected chi connectivity index (χ4v) is 7.84. The molecule has 352 valence electrons. The zero-order chi connectivity index (χ0) is 43.7. The number of amides is 1. The quantitative estimate of drug-likeness (QED) is 0.0322. The second kappa shape index (κ2) is 49.7. The molecule has 0 rings (SSSR count). The van der Waals surface area contributed by atoms with Gasteiger partial charge in [-0.15, -0.1) is 0 Å². The Bertz CT molecular complexity index is 977. The van der Waals surface area contributed by atoms with Crippen LogP contribution in [-0.4, -0.2) is 47.4 Å². The van der Waals surface area contributed by atoms with Gasteiger partial charge in [-0.2, -0.15) is 0 Å². The highest BCUT2D eigenvalue weighted by Gasteiger charge is 2.20. The normalized spacial score (nSPS) is 12.9. The molecule has 0 saturated heterocycles. The molecule has 0 aliphatic rings. The lowest BCUT2D eigenvalue weighted by Crippen LogP contribution is -2.45. The highest BCUT2D eigenvalue weighted by molar-refractivity contribution is 5.76. The highest BCUT2D eigenvalue weighted by Crippen LogP contribution is 2.15. The van der Waals surface area contributed by atoms with Crippen molar-refractivity contribution in [3.05, 3.63) is 36.5 Å². The van der Waals surface area contributed by atoms with Crippen LogP contribution < -0.4 is 5.32 Å². The summed E-state index contributed by atoms with van der Waals surface area (Å²) in [6, 6.07) is -0.552. The van der Waals surface area contributed by atoms with Crippen molar-refractivity contribution in [1.29, 1.82) is 0 Å². The van der Waals surface area contributed by atoms with Crippen LogP contribution >= 0.6 is 0 Å². The Morgan fingerprint density at radius 1 is 0.467 bits per heavy atom. The van der Waals surface area contributed by atoms with Gasteiger partial charge in [0, 0.05) is 12.8 Å². The van der Waals surface area contributed by atoms with Crippen LogP contribution in [0.25, 0.3) is 0 Å². The first-order valence-corrected chi connectivity index (χ1v) is 26.2. The summed E-state index contributed by atoms with van der Waals surface area (Å²) in [5.41, 5.74) is 0. The number of aliphatic hydroxyl groups is 2. The second-order valence-corrected chi connectivity index (χ2v) is 17.8. The number of hydrogen-bond acceptors (Lipinski definition) is 5. The molecular weight excluding hydrogens is 743 g/mol. The van der Waals surface area contributed by atoms with E-state index in [0.29, 0.717) is 25.9 Å². The van der Waals surface area contributed by atoms with Gasteiger partial charge in [-0.05, 0) is 89.9 Å². The van der Waals surface area contributed by atoms with Crippen LogP contribution in [0, 0.1) is 0 Å². The predicted octanol–water partition coefficient (Wildman–Crippen LogP) is 15.7. The lowest BCUT2D eigenvalue weighted by Gasteiger charge is -2.22. The maximum atomic E-state index is 12.4. The summed E-state index contributed by atoms with van der Waals surface area (Å²) in [5.74, 6) is -0.0774. The number of hydrogen-bond donors (Lipinski definition) is 3. The molecule has 0 fully saturated rings. The topological polar surface area (TPSA) is 95.9 Å². The highest BCUT2D eigenvalue weighted by atomic mass is 16.5. The van der Waals surface area contributed by atoms with Crippen molar-refractivity contribution < 1.29 is 24.5 Å². The Kier molecular flexibility index (Phi) is 48.1. The molecule has 3 N–H and O–H groups in total. The fourth-order valence-electron chi connectivity index (χ4n) is 7.84. The molecule has 0 aromatic heterocycles. The van der Waals surface area contributed by atoms with E-state index in [1.165, 1.54) is 154 Å². The van der Waals surface area contributed by atoms with E-state index in [-0.39, 0.29) is 18.5 Å². The summed E-state index contributed by atoms with van der Waals surface area (Å²) in [4.78, 5) is 24.4. The largest absolute Gasteiger partial charge is 0.466 e. The van der Waals surface area contributed by atoms with E-state index in [1.807, 2.05) is 0 Å². The number of unbranched alkanes of at least 4 members (excludes halogenated alkanes) is 31. The van der Waals surface area contributed by atoms with Crippen molar-refractivity contribution in [1.82, 2.24) is 5.32 Å². The molecule has 1 amide bonds. The fraction of sp³-hybridized carbons (Fsp3) is 0.852. The van der Waals surface area contributed by atoms with Crippen molar-refractivity contribution in [2.45, 2.75) is 283 Å². The van der Waals surface area contributed by atoms with Gasteiger partial charge >= 0.3 is 5.97 Å². The molecule has 0 aromatic rings. The predicted molar refractivity (Wildman–Crippen MR) is 259 cm³/mol. The van der Waals surface area contributed by atoms with Gasteiger partial charge in [0.05, 0.1) is 25.4 Å². The monoisotopic (exact) mass is 844 g/mol. The van der Waals surface area contributed by atoms with Gasteiger partial charge in [0.15, 0.2) is 0 Å². The first-order chi connectivity index (χ1) is 29.5. The van der Waals surface area contributed by atoms with E-state index < -0.39 is 12.1 Å². The van der Waals surface area contributed by atoms with Gasteiger partial charge in [-0.1, -0.05) is 204 Å². The van der Waals surface area contributed by atoms with E-state index in [1.54, 1.807) is 0 Å². The van der Waals surface area contributed by atoms with Gasteiger partial charge < -0.3 is 20.3 Å². The number of ether oxygens (including phenoxy) is 1. The minimum absolute atomic E-state index is 0.0235. The number of aliphatic hydroxyl groups excluding tert-OH is 2. The summed E-state index contributed by atoms with van der Waals surface area (Å²) < 4.78 is 5.45. The van der Waals surface area contributed by atoms with Gasteiger partial charge in [-0.3, -0.25) is 9.59 Å². The Hall–Kier alpha value is -1.92. The summed E-state index contributed by atoms with van der Waals surface area (Å²) in [7, 11) is 0. The van der Waals surface area contributed by atoms with Gasteiger partial charge in [0.1, 0.15) is 0 Å². The lowest BCUT2D eigenvalue weighted by atomic mass is 10.0. The van der Waals surface area contributed by atoms with Crippen molar-refractivity contribution in [3.8, 4) is 0 Å². The third-order valence-electron chi connectivity index (χ3n) is 11.9. The van der Waals surface area contributed by atoms with Crippen LogP contribution in [0.2, 0.25) is 0 Å². The van der Waals surface area contributed by atoms with E-state index >= 15 is 0 Å². The van der Waals surface area contributed by atoms with Crippen LogP contribution in [0.3, 0.4) is 0 Å². The van der Waals surface area contributed by atoms with Crippen molar-refractivity contribution in [3.63, 3.8) is 0 Å². The number of carbonyl (C=O) groups is 2. The van der Waals surface area contributed by atoms with E-state index in [2.05, 4.69) is 55.6 Å². The summed E-state index contributed by atoms with van der Waals surface area (Å²) in [6.07, 6.45) is 59.8. The van der Waals surface area contributed by atoms with Gasteiger partial charge in [-0.25, -0.2) is 0 Å². The maximum Gasteiger partial charge on any atom is 0.305 e. The molecule has 6 heteroatoms. The first kappa shape index (κ1) is 58.1. The number of nitrogens with one attached hydrogen (secondary N) is 1. The number of allylic oxidation sites excluding steroid dienone is 6. The third-order valence-corrected chi connectivity index (χ3v) is 11.9. The molecule has 2 unspecified atom stereocenters. The molecule has 2 atom stereocenters. The molecule has 0 bridgehead atoms. The number of carbonyl (C=O) groups excluding carboxylic acids is 2. The number of esters is 1. The molecule has 0 aromatic carbocycles. The van der Waals surface area contributed by atoms with Crippen molar-refractivity contribution in [2.75, 3.05) is 13.2 Å². The maximum absolute atomic E-state index is 12.4. The van der Waals surface area contributed by atoms with Crippen LogP contribution in [0.5, 0.6) is 0 Å². The Labute approximate surface area is 373 Å². The zero-order valence-electron chi connectivity index (χ0n) is 39.9. The van der Waals surface area contributed by atoms with Crippen molar-refractivity contribution >= 4 is 11.9 Å². The smallest absolute Gasteiger partial charge is 0.305 e. The standard InChI is InChI=1S/C54H101NO5/c1-3-5-7-9-11-13-15-16-17-22-25-28-32-36-40-44-48-54(59)60-49-45-41-37-33-29-26-23-20-18-19-21-24-27-31-35-39-43-47-53(58)55-51(50-56)52(57)46-42-38-34-30-14-12-10-8-6-4-2/h17-18,20,22,26,29,51-52,56-57H,3-16,19,21,23-25,27-28,30-50H2,1-2H3,(H,55,58)/b20-18-,22-17-,29-26-. The molecule has 60 heavy (non-hydrogen) atoms. The zero-order valence-corrected chi connectivity index (χ0v) is 39.9. The molecule has 0 aliphatic heterocycles. The Morgan fingerprint density at radius 2 is 0.833 bits per heavy atom. The van der Waals surface area contributed by atoms with E-state index in [9.17, 15) is 19.8 Å². The van der Waals surface area contributed by atoms with Gasteiger partial charge in [0.25, 0.3) is 0 Å². The average Bonchev–Trinajstić information content (AvgIpc) is 3.25. The first-order valence-electron chi connectivity index (χ1n) is 26.2. The molecule has 6 nitrogen and oxygen atoms in total. The van der Waals surface area contributed by atoms with E-state index in [4.69, 9.17) is 4.74 Å². The van der Waals surface area contributed by atoms with Crippen LogP contribution in [-0.2, 0) is 14.3 Å². The summed E-state index contributed by atoms with van der Waals surface area (Å²) in [5, 5.41) is 23.1. The molecule has 0 heterocycles. The van der Waals surface area contributed by atoms with Crippen LogP contribution in [0.15, 0.2) is 36.5 Å². The Morgan fingerprint density at radius 3 is 1.28 bits per heavy atom. The summed E-state index contributed by atoms with van der Waals surface area (Å²) >= 11 is 0. The van der Waals surface area contributed by atoms with Gasteiger partial charge in [0.2, 0.25) is 5.91 Å². The second-order valence-electron chi connectivity index (χ2n) is 17.8. The minimum atomic E-state index is -0.673. The average molecular weight is 844 g/mol.